The molecule has 4 aromatic carbocycles. The molecule has 0 spiro atoms. The van der Waals surface area contributed by atoms with Crippen LogP contribution in [0.4, 0.5) is 0 Å². The number of halogens is 1. The van der Waals surface area contributed by atoms with Gasteiger partial charge in [-0.1, -0.05) is 46.3 Å². The molecule has 0 aliphatic rings. The Balaban J connectivity index is 1.25. The number of hydrogen-bond acceptors (Lipinski definition) is 5. The van der Waals surface area contributed by atoms with E-state index in [2.05, 4.69) is 26.5 Å². The molecule has 7 heteroatoms. The zero-order valence-corrected chi connectivity index (χ0v) is 19.0. The molecule has 0 saturated carbocycles. The molecule has 0 fully saturated rings. The van der Waals surface area contributed by atoms with Crippen LogP contribution in [0.1, 0.15) is 15.9 Å². The molecular weight excluding hydrogens is 484 g/mol. The molecule has 164 valence electrons. The number of fused-ring (bicyclic) bond motifs is 1. The fourth-order valence-electron chi connectivity index (χ4n) is 3.01. The fourth-order valence-corrected chi connectivity index (χ4v) is 3.39. The van der Waals surface area contributed by atoms with Crippen LogP contribution < -0.4 is 14.9 Å². The van der Waals surface area contributed by atoms with Crippen LogP contribution in [-0.4, -0.2) is 24.7 Å². The van der Waals surface area contributed by atoms with Crippen molar-refractivity contribution in [2.45, 2.75) is 0 Å². The van der Waals surface area contributed by atoms with Crippen molar-refractivity contribution in [2.75, 3.05) is 6.61 Å². The van der Waals surface area contributed by atoms with E-state index in [1.165, 1.54) is 6.21 Å². The minimum Gasteiger partial charge on any atom is -0.484 e. The van der Waals surface area contributed by atoms with E-state index in [0.717, 1.165) is 20.8 Å². The highest BCUT2D eigenvalue weighted by atomic mass is 79.9. The van der Waals surface area contributed by atoms with E-state index in [1.54, 1.807) is 48.5 Å². The molecule has 1 N–H and O–H groups in total. The standard InChI is InChI=1S/C26H19BrN2O4/c27-22-10-8-21-15-24(13-9-20(21)14-22)32-17-25(30)29-28-16-18-6-11-23(12-7-18)33-26(31)19-4-2-1-3-5-19/h1-16H,17H2,(H,29,30)/b28-16+. The van der Waals surface area contributed by atoms with Crippen molar-refractivity contribution < 1.29 is 19.1 Å². The third-order valence-electron chi connectivity index (χ3n) is 4.65. The number of carbonyl (C=O) groups excluding carboxylic acids is 2. The normalized spacial score (nSPS) is 10.8. The summed E-state index contributed by atoms with van der Waals surface area (Å²) >= 11 is 3.45. The van der Waals surface area contributed by atoms with Gasteiger partial charge in [-0.15, -0.1) is 0 Å². The second-order valence-electron chi connectivity index (χ2n) is 7.06. The summed E-state index contributed by atoms with van der Waals surface area (Å²) in [4.78, 5) is 24.1. The fraction of sp³-hybridized carbons (Fsp3) is 0.0385. The molecule has 0 unspecified atom stereocenters. The highest BCUT2D eigenvalue weighted by Gasteiger charge is 2.07. The summed E-state index contributed by atoms with van der Waals surface area (Å²) in [5, 5.41) is 6.03. The van der Waals surface area contributed by atoms with Gasteiger partial charge in [0.2, 0.25) is 0 Å². The van der Waals surface area contributed by atoms with Gasteiger partial charge in [0, 0.05) is 4.47 Å². The number of ether oxygens (including phenoxy) is 2. The minimum atomic E-state index is -0.427. The number of hydrazone groups is 1. The Bertz CT molecular complexity index is 1310. The third-order valence-corrected chi connectivity index (χ3v) is 5.14. The predicted octanol–water partition coefficient (Wildman–Crippen LogP) is 5.35. The molecule has 0 aromatic heterocycles. The van der Waals surface area contributed by atoms with E-state index in [4.69, 9.17) is 9.47 Å². The van der Waals surface area contributed by atoms with Crippen molar-refractivity contribution in [3.05, 3.63) is 107 Å². The summed E-state index contributed by atoms with van der Waals surface area (Å²) in [6.45, 7) is -0.159. The lowest BCUT2D eigenvalue weighted by atomic mass is 10.1. The second kappa shape index (κ2) is 10.6. The summed E-state index contributed by atoms with van der Waals surface area (Å²) in [5.41, 5.74) is 3.64. The van der Waals surface area contributed by atoms with Crippen LogP contribution in [0, 0.1) is 0 Å². The molecular formula is C26H19BrN2O4. The maximum absolute atomic E-state index is 12.1. The summed E-state index contributed by atoms with van der Waals surface area (Å²) in [7, 11) is 0. The molecule has 0 saturated heterocycles. The van der Waals surface area contributed by atoms with Gasteiger partial charge in [0.05, 0.1) is 11.8 Å². The first-order valence-electron chi connectivity index (χ1n) is 10.1. The van der Waals surface area contributed by atoms with Crippen molar-refractivity contribution >= 4 is 44.8 Å². The maximum atomic E-state index is 12.1. The monoisotopic (exact) mass is 502 g/mol. The summed E-state index contributed by atoms with van der Waals surface area (Å²) in [6, 6.07) is 27.1. The average molecular weight is 503 g/mol. The summed E-state index contributed by atoms with van der Waals surface area (Å²) < 4.78 is 11.9. The molecule has 0 bridgehead atoms. The molecule has 0 aliphatic carbocycles. The lowest BCUT2D eigenvalue weighted by Gasteiger charge is -2.07. The molecule has 0 aliphatic heterocycles. The van der Waals surface area contributed by atoms with Gasteiger partial charge in [0.15, 0.2) is 6.61 Å². The number of hydrogen-bond donors (Lipinski definition) is 1. The highest BCUT2D eigenvalue weighted by molar-refractivity contribution is 9.10. The van der Waals surface area contributed by atoms with Gasteiger partial charge in [0.1, 0.15) is 11.5 Å². The Morgan fingerprint density at radius 1 is 0.848 bits per heavy atom. The molecule has 1 amide bonds. The van der Waals surface area contributed by atoms with Gasteiger partial charge < -0.3 is 9.47 Å². The minimum absolute atomic E-state index is 0.159. The van der Waals surface area contributed by atoms with Crippen LogP contribution in [0.25, 0.3) is 10.8 Å². The Labute approximate surface area is 199 Å². The van der Waals surface area contributed by atoms with Crippen molar-refractivity contribution in [1.29, 1.82) is 0 Å². The number of carbonyl (C=O) groups is 2. The number of nitrogens with zero attached hydrogens (tertiary/aromatic N) is 1. The predicted molar refractivity (Wildman–Crippen MR) is 131 cm³/mol. The molecule has 4 rings (SSSR count). The van der Waals surface area contributed by atoms with Crippen LogP contribution in [0.15, 0.2) is 101 Å². The van der Waals surface area contributed by atoms with Gasteiger partial charge in [0.25, 0.3) is 5.91 Å². The quantitative estimate of drug-likeness (QED) is 0.160. The van der Waals surface area contributed by atoms with E-state index in [1.807, 2.05) is 42.5 Å². The number of esters is 1. The first-order valence-corrected chi connectivity index (χ1v) is 10.9. The third kappa shape index (κ3) is 6.27. The van der Waals surface area contributed by atoms with Crippen LogP contribution in [0.2, 0.25) is 0 Å². The molecule has 33 heavy (non-hydrogen) atoms. The van der Waals surface area contributed by atoms with E-state index < -0.39 is 5.97 Å². The molecule has 4 aromatic rings. The number of rotatable bonds is 7. The zero-order chi connectivity index (χ0) is 23.0. The largest absolute Gasteiger partial charge is 0.484 e. The molecule has 0 radical (unpaired) electrons. The first kappa shape index (κ1) is 22.2. The van der Waals surface area contributed by atoms with Crippen molar-refractivity contribution in [3.8, 4) is 11.5 Å². The Morgan fingerprint density at radius 2 is 1.55 bits per heavy atom. The average Bonchev–Trinajstić information content (AvgIpc) is 2.84. The topological polar surface area (TPSA) is 77.0 Å². The first-order chi connectivity index (χ1) is 16.1. The zero-order valence-electron chi connectivity index (χ0n) is 17.4. The number of benzene rings is 4. The summed E-state index contributed by atoms with van der Waals surface area (Å²) in [5.74, 6) is 0.213. The Hall–Kier alpha value is -3.97. The lowest BCUT2D eigenvalue weighted by molar-refractivity contribution is -0.123. The second-order valence-corrected chi connectivity index (χ2v) is 7.98. The van der Waals surface area contributed by atoms with Crippen molar-refractivity contribution in [1.82, 2.24) is 5.43 Å². The summed E-state index contributed by atoms with van der Waals surface area (Å²) in [6.07, 6.45) is 1.49. The lowest BCUT2D eigenvalue weighted by Crippen LogP contribution is -2.24. The maximum Gasteiger partial charge on any atom is 0.343 e. The van der Waals surface area contributed by atoms with E-state index in [9.17, 15) is 9.59 Å². The highest BCUT2D eigenvalue weighted by Crippen LogP contribution is 2.24. The SMILES string of the molecule is O=C(COc1ccc2cc(Br)ccc2c1)N/N=C/c1ccc(OC(=O)c2ccccc2)cc1. The van der Waals surface area contributed by atoms with Crippen LogP contribution in [-0.2, 0) is 4.79 Å². The van der Waals surface area contributed by atoms with Crippen LogP contribution in [0.5, 0.6) is 11.5 Å². The Kier molecular flexibility index (Phi) is 7.12. The van der Waals surface area contributed by atoms with Gasteiger partial charge in [-0.05, 0) is 77.0 Å². The Morgan fingerprint density at radius 3 is 2.33 bits per heavy atom. The number of amides is 1. The van der Waals surface area contributed by atoms with Crippen molar-refractivity contribution in [2.24, 2.45) is 5.10 Å². The van der Waals surface area contributed by atoms with Gasteiger partial charge in [-0.3, -0.25) is 4.79 Å². The van der Waals surface area contributed by atoms with E-state index in [-0.39, 0.29) is 12.5 Å². The van der Waals surface area contributed by atoms with Crippen molar-refractivity contribution in [3.63, 3.8) is 0 Å². The number of nitrogens with one attached hydrogen (secondary N) is 1. The van der Waals surface area contributed by atoms with Crippen LogP contribution in [0.3, 0.4) is 0 Å². The van der Waals surface area contributed by atoms with Gasteiger partial charge in [-0.25, -0.2) is 10.2 Å². The van der Waals surface area contributed by atoms with Crippen LogP contribution >= 0.6 is 15.9 Å². The van der Waals surface area contributed by atoms with E-state index in [0.29, 0.717) is 17.1 Å². The van der Waals surface area contributed by atoms with Gasteiger partial charge >= 0.3 is 5.97 Å². The molecule has 6 nitrogen and oxygen atoms in total. The van der Waals surface area contributed by atoms with Gasteiger partial charge in [-0.2, -0.15) is 5.10 Å². The smallest absolute Gasteiger partial charge is 0.343 e. The van der Waals surface area contributed by atoms with E-state index >= 15 is 0 Å². The molecule has 0 heterocycles. The molecule has 0 atom stereocenters.